The molecule has 0 heterocycles. The Morgan fingerprint density at radius 1 is 1.21 bits per heavy atom. The van der Waals surface area contributed by atoms with Crippen LogP contribution in [0, 0.1) is 5.82 Å². The second-order valence-electron chi connectivity index (χ2n) is 3.89. The van der Waals surface area contributed by atoms with Gasteiger partial charge in [-0.25, -0.2) is 9.18 Å². The lowest BCUT2D eigenvalue weighted by atomic mass is 10.0. The van der Waals surface area contributed by atoms with Crippen molar-refractivity contribution < 1.29 is 19.0 Å². The molecule has 0 atom stereocenters. The lowest BCUT2D eigenvalue weighted by Crippen LogP contribution is -2.02. The monoisotopic (exact) mass is 280 g/mol. The molecule has 0 aliphatic carbocycles. The van der Waals surface area contributed by atoms with Crippen LogP contribution in [0.4, 0.5) is 4.39 Å². The Bertz CT molecular complexity index is 641. The predicted octanol–water partition coefficient (Wildman–Crippen LogP) is 3.64. The standard InChI is InChI=1S/C14H10ClFO3/c1-19-14(18)10-4-9(5-11(16)6-10)8-2-3-12(15)13(17)7-8/h2-7,17H,1H3. The third-order valence-corrected chi connectivity index (χ3v) is 2.92. The highest BCUT2D eigenvalue weighted by Crippen LogP contribution is 2.30. The molecule has 0 saturated heterocycles. The number of ether oxygens (including phenoxy) is 1. The summed E-state index contributed by atoms with van der Waals surface area (Å²) in [6, 6.07) is 8.35. The quantitative estimate of drug-likeness (QED) is 0.854. The van der Waals surface area contributed by atoms with Crippen molar-refractivity contribution >= 4 is 17.6 Å². The number of carbonyl (C=O) groups is 1. The molecule has 0 amide bonds. The van der Waals surface area contributed by atoms with Gasteiger partial charge in [-0.05, 0) is 41.5 Å². The van der Waals surface area contributed by atoms with Crippen molar-refractivity contribution in [2.75, 3.05) is 7.11 Å². The maximum atomic E-state index is 13.5. The number of methoxy groups -OCH3 is 1. The Hall–Kier alpha value is -2.07. The Kier molecular flexibility index (Phi) is 3.71. The van der Waals surface area contributed by atoms with E-state index in [1.807, 2.05) is 0 Å². The summed E-state index contributed by atoms with van der Waals surface area (Å²) in [6.07, 6.45) is 0. The molecule has 0 bridgehead atoms. The van der Waals surface area contributed by atoms with Crippen LogP contribution in [0.5, 0.6) is 5.75 Å². The fraction of sp³-hybridized carbons (Fsp3) is 0.0714. The second-order valence-corrected chi connectivity index (χ2v) is 4.29. The molecule has 2 aromatic rings. The van der Waals surface area contributed by atoms with Crippen LogP contribution in [0.25, 0.3) is 11.1 Å². The highest BCUT2D eigenvalue weighted by atomic mass is 35.5. The zero-order chi connectivity index (χ0) is 14.0. The van der Waals surface area contributed by atoms with E-state index in [1.54, 1.807) is 6.07 Å². The average molecular weight is 281 g/mol. The number of hydrogen-bond donors (Lipinski definition) is 1. The second kappa shape index (κ2) is 5.28. The molecule has 5 heteroatoms. The number of phenolic OH excluding ortho intramolecular Hbond substituents is 1. The average Bonchev–Trinajstić information content (AvgIpc) is 2.40. The van der Waals surface area contributed by atoms with E-state index in [1.165, 1.54) is 31.4 Å². The summed E-state index contributed by atoms with van der Waals surface area (Å²) in [5, 5.41) is 9.74. The van der Waals surface area contributed by atoms with Crippen LogP contribution in [0.15, 0.2) is 36.4 Å². The molecule has 0 saturated carbocycles. The van der Waals surface area contributed by atoms with Gasteiger partial charge in [-0.2, -0.15) is 0 Å². The largest absolute Gasteiger partial charge is 0.506 e. The zero-order valence-corrected chi connectivity index (χ0v) is 10.7. The molecule has 0 spiro atoms. The summed E-state index contributed by atoms with van der Waals surface area (Å²) in [7, 11) is 1.22. The Morgan fingerprint density at radius 3 is 2.58 bits per heavy atom. The minimum absolute atomic E-state index is 0.104. The topological polar surface area (TPSA) is 46.5 Å². The molecule has 1 N–H and O–H groups in total. The number of benzene rings is 2. The van der Waals surface area contributed by atoms with Gasteiger partial charge in [0.05, 0.1) is 17.7 Å². The SMILES string of the molecule is COC(=O)c1cc(F)cc(-c2ccc(Cl)c(O)c2)c1. The first-order valence-electron chi connectivity index (χ1n) is 5.39. The van der Waals surface area contributed by atoms with Crippen LogP contribution < -0.4 is 0 Å². The molecule has 2 aromatic carbocycles. The summed E-state index contributed by atoms with van der Waals surface area (Å²) >= 11 is 5.71. The number of phenols is 1. The normalized spacial score (nSPS) is 10.3. The summed E-state index contributed by atoms with van der Waals surface area (Å²) in [4.78, 5) is 11.4. The van der Waals surface area contributed by atoms with Crippen LogP contribution in [-0.4, -0.2) is 18.2 Å². The van der Waals surface area contributed by atoms with Gasteiger partial charge in [0.25, 0.3) is 0 Å². The Balaban J connectivity index is 2.52. The van der Waals surface area contributed by atoms with Crippen LogP contribution in [0.2, 0.25) is 5.02 Å². The highest BCUT2D eigenvalue weighted by Gasteiger charge is 2.11. The molecule has 2 rings (SSSR count). The number of rotatable bonds is 2. The van der Waals surface area contributed by atoms with E-state index < -0.39 is 11.8 Å². The lowest BCUT2D eigenvalue weighted by molar-refractivity contribution is 0.0600. The van der Waals surface area contributed by atoms with E-state index in [0.29, 0.717) is 11.1 Å². The van der Waals surface area contributed by atoms with E-state index in [-0.39, 0.29) is 16.3 Å². The first kappa shape index (κ1) is 13.4. The minimum Gasteiger partial charge on any atom is -0.506 e. The molecule has 0 aliphatic rings. The number of hydrogen-bond acceptors (Lipinski definition) is 3. The number of carbonyl (C=O) groups excluding carboxylic acids is 1. The van der Waals surface area contributed by atoms with Crippen molar-refractivity contribution in [2.45, 2.75) is 0 Å². The van der Waals surface area contributed by atoms with E-state index in [0.717, 1.165) is 6.07 Å². The molecule has 0 fully saturated rings. The number of aromatic hydroxyl groups is 1. The smallest absolute Gasteiger partial charge is 0.337 e. The van der Waals surface area contributed by atoms with Gasteiger partial charge < -0.3 is 9.84 Å². The Morgan fingerprint density at radius 2 is 1.95 bits per heavy atom. The van der Waals surface area contributed by atoms with Crippen molar-refractivity contribution in [3.8, 4) is 16.9 Å². The number of esters is 1. The van der Waals surface area contributed by atoms with Crippen LogP contribution >= 0.6 is 11.6 Å². The summed E-state index contributed by atoms with van der Waals surface area (Å²) < 4.78 is 18.0. The van der Waals surface area contributed by atoms with E-state index in [4.69, 9.17) is 11.6 Å². The fourth-order valence-electron chi connectivity index (χ4n) is 1.68. The molecule has 98 valence electrons. The van der Waals surface area contributed by atoms with Gasteiger partial charge >= 0.3 is 5.97 Å². The summed E-state index contributed by atoms with van der Waals surface area (Å²) in [5.41, 5.74) is 1.10. The van der Waals surface area contributed by atoms with Crippen LogP contribution in [0.1, 0.15) is 10.4 Å². The zero-order valence-electron chi connectivity index (χ0n) is 9.98. The van der Waals surface area contributed by atoms with Crippen LogP contribution in [-0.2, 0) is 4.74 Å². The van der Waals surface area contributed by atoms with Crippen molar-refractivity contribution in [1.29, 1.82) is 0 Å². The molecule has 0 radical (unpaired) electrons. The third kappa shape index (κ3) is 2.85. The predicted molar refractivity (Wildman–Crippen MR) is 69.9 cm³/mol. The lowest BCUT2D eigenvalue weighted by Gasteiger charge is -2.06. The first-order valence-corrected chi connectivity index (χ1v) is 5.77. The minimum atomic E-state index is -0.626. The summed E-state index contributed by atoms with van der Waals surface area (Å²) in [5.74, 6) is -1.30. The molecule has 0 aliphatic heterocycles. The maximum absolute atomic E-state index is 13.5. The van der Waals surface area contributed by atoms with Gasteiger partial charge in [-0.3, -0.25) is 0 Å². The van der Waals surface area contributed by atoms with Crippen molar-refractivity contribution in [3.05, 3.63) is 52.8 Å². The van der Waals surface area contributed by atoms with E-state index >= 15 is 0 Å². The van der Waals surface area contributed by atoms with E-state index in [9.17, 15) is 14.3 Å². The molecule has 0 aromatic heterocycles. The molecular weight excluding hydrogens is 271 g/mol. The molecule has 0 unspecified atom stereocenters. The van der Waals surface area contributed by atoms with Crippen molar-refractivity contribution in [3.63, 3.8) is 0 Å². The maximum Gasteiger partial charge on any atom is 0.337 e. The van der Waals surface area contributed by atoms with Crippen molar-refractivity contribution in [2.24, 2.45) is 0 Å². The Labute approximate surface area is 114 Å². The van der Waals surface area contributed by atoms with Gasteiger partial charge in [-0.15, -0.1) is 0 Å². The molecule has 3 nitrogen and oxygen atoms in total. The summed E-state index contributed by atoms with van der Waals surface area (Å²) in [6.45, 7) is 0. The van der Waals surface area contributed by atoms with Gasteiger partial charge in [0.2, 0.25) is 0 Å². The molecule has 19 heavy (non-hydrogen) atoms. The van der Waals surface area contributed by atoms with Gasteiger partial charge in [-0.1, -0.05) is 17.7 Å². The fourth-order valence-corrected chi connectivity index (χ4v) is 1.80. The number of halogens is 2. The third-order valence-electron chi connectivity index (χ3n) is 2.60. The van der Waals surface area contributed by atoms with Crippen molar-refractivity contribution in [1.82, 2.24) is 0 Å². The first-order chi connectivity index (χ1) is 9.01. The molecular formula is C14H10ClFO3. The van der Waals surface area contributed by atoms with Crippen LogP contribution in [0.3, 0.4) is 0 Å². The highest BCUT2D eigenvalue weighted by molar-refractivity contribution is 6.32. The van der Waals surface area contributed by atoms with Gasteiger partial charge in [0, 0.05) is 0 Å². The van der Waals surface area contributed by atoms with Gasteiger partial charge in [0.15, 0.2) is 0 Å². The van der Waals surface area contributed by atoms with Gasteiger partial charge in [0.1, 0.15) is 11.6 Å². The van der Waals surface area contributed by atoms with E-state index in [2.05, 4.69) is 4.74 Å².